The summed E-state index contributed by atoms with van der Waals surface area (Å²) < 4.78 is 46.0. The number of aliphatic imine (C=N–C) groups is 2. The highest BCUT2D eigenvalue weighted by atomic mass is 19.4. The molecule has 218 valence electrons. The number of hydrogen-bond donors (Lipinski definition) is 3. The smallest absolute Gasteiger partial charge is 0.422 e. The minimum atomic E-state index is -4.58. The van der Waals surface area contributed by atoms with Crippen molar-refractivity contribution in [2.45, 2.75) is 6.18 Å². The first-order chi connectivity index (χ1) is 19.6. The zero-order chi connectivity index (χ0) is 30.0. The SMILES string of the molecule is C=CC(=O)Nc1cc(NC/N=C\C=C(/N=C)c2cn(C)c3ccccc23)c(OCC(F)(F)F)nc1N(C)CCNC. The molecule has 0 saturated heterocycles. The largest absolute Gasteiger partial charge is 0.466 e. The van der Waals surface area contributed by atoms with Gasteiger partial charge < -0.3 is 30.2 Å². The van der Waals surface area contributed by atoms with Gasteiger partial charge in [-0.2, -0.15) is 18.2 Å². The van der Waals surface area contributed by atoms with Crippen molar-refractivity contribution in [2.24, 2.45) is 17.0 Å². The molecular formula is C28H33F3N8O2. The number of pyridine rings is 1. The molecule has 2 aromatic heterocycles. The average Bonchev–Trinajstić information content (AvgIpc) is 3.28. The molecule has 0 atom stereocenters. The number of nitrogens with one attached hydrogen (secondary N) is 3. The van der Waals surface area contributed by atoms with Gasteiger partial charge in [0.05, 0.1) is 11.4 Å². The Balaban J connectivity index is 1.88. The number of rotatable bonds is 14. The van der Waals surface area contributed by atoms with Gasteiger partial charge in [-0.1, -0.05) is 24.8 Å². The maximum absolute atomic E-state index is 13.0. The predicted octanol–water partition coefficient (Wildman–Crippen LogP) is 4.48. The number of allylic oxidation sites excluding steroid dienone is 1. The van der Waals surface area contributed by atoms with Crippen LogP contribution < -0.4 is 25.6 Å². The fourth-order valence-electron chi connectivity index (χ4n) is 3.91. The van der Waals surface area contributed by atoms with Crippen molar-refractivity contribution in [1.82, 2.24) is 14.9 Å². The number of carbonyl (C=O) groups excluding carboxylic acids is 1. The number of carbonyl (C=O) groups is 1. The third-order valence-electron chi connectivity index (χ3n) is 5.88. The van der Waals surface area contributed by atoms with Gasteiger partial charge in [-0.3, -0.25) is 14.8 Å². The number of nitrogens with zero attached hydrogens (tertiary/aromatic N) is 5. The number of anilines is 3. The zero-order valence-corrected chi connectivity index (χ0v) is 23.1. The molecule has 41 heavy (non-hydrogen) atoms. The van der Waals surface area contributed by atoms with Gasteiger partial charge in [-0.25, -0.2) is 0 Å². The van der Waals surface area contributed by atoms with Gasteiger partial charge in [0.1, 0.15) is 12.4 Å². The molecule has 3 rings (SSSR count). The molecule has 0 bridgehead atoms. The Morgan fingerprint density at radius 2 is 2.02 bits per heavy atom. The van der Waals surface area contributed by atoms with Crippen LogP contribution in [0.4, 0.5) is 30.4 Å². The zero-order valence-electron chi connectivity index (χ0n) is 23.1. The molecule has 0 aliphatic rings. The fraction of sp³-hybridized carbons (Fsp3) is 0.286. The molecule has 0 spiro atoms. The maximum atomic E-state index is 13.0. The van der Waals surface area contributed by atoms with Crippen molar-refractivity contribution in [2.75, 3.05) is 56.0 Å². The van der Waals surface area contributed by atoms with Crippen molar-refractivity contribution < 1.29 is 22.7 Å². The average molecular weight is 571 g/mol. The Morgan fingerprint density at radius 3 is 2.71 bits per heavy atom. The molecule has 0 unspecified atom stereocenters. The molecule has 3 aromatic rings. The monoisotopic (exact) mass is 570 g/mol. The van der Waals surface area contributed by atoms with E-state index in [1.165, 1.54) is 12.3 Å². The van der Waals surface area contributed by atoms with Gasteiger partial charge in [-0.05, 0) is 38.0 Å². The highest BCUT2D eigenvalue weighted by Gasteiger charge is 2.30. The first kappa shape index (κ1) is 30.9. The summed E-state index contributed by atoms with van der Waals surface area (Å²) in [7, 11) is 5.40. The number of aromatic nitrogens is 2. The summed E-state index contributed by atoms with van der Waals surface area (Å²) in [5.41, 5.74) is 2.88. The van der Waals surface area contributed by atoms with E-state index < -0.39 is 18.7 Å². The first-order valence-electron chi connectivity index (χ1n) is 12.6. The van der Waals surface area contributed by atoms with Gasteiger partial charge in [0.25, 0.3) is 0 Å². The van der Waals surface area contributed by atoms with E-state index in [4.69, 9.17) is 4.74 Å². The van der Waals surface area contributed by atoms with Crippen LogP contribution in [0.1, 0.15) is 5.56 Å². The van der Waals surface area contributed by atoms with Crippen molar-refractivity contribution in [1.29, 1.82) is 0 Å². The quantitative estimate of drug-likeness (QED) is 0.195. The van der Waals surface area contributed by atoms with Crippen LogP contribution in [-0.2, 0) is 11.8 Å². The van der Waals surface area contributed by atoms with Crippen molar-refractivity contribution in [3.05, 3.63) is 60.8 Å². The van der Waals surface area contributed by atoms with Crippen LogP contribution in [0, 0.1) is 0 Å². The third-order valence-corrected chi connectivity index (χ3v) is 5.88. The standard InChI is InChI=1S/C28H33F3N8O2/c1-6-25(40)36-22-15-23(27(41-17-28(29,30)31)37-26(22)38(4)14-13-32-2)35-18-34-12-11-21(33-3)20-16-39(5)24-10-8-7-9-19(20)24/h6-12,15-16,32,35H,1,3,13-14,17-18H2,2,4-5H3,(H,36,40)/b21-11-,34-12-. The minimum Gasteiger partial charge on any atom is -0.466 e. The molecule has 0 fully saturated rings. The Bertz CT molecular complexity index is 1450. The lowest BCUT2D eigenvalue weighted by Crippen LogP contribution is -2.29. The van der Waals surface area contributed by atoms with Gasteiger partial charge in [0.15, 0.2) is 12.4 Å². The van der Waals surface area contributed by atoms with Gasteiger partial charge in [0, 0.05) is 56.1 Å². The van der Waals surface area contributed by atoms with E-state index in [0.717, 1.165) is 22.5 Å². The number of alkyl halides is 3. The summed E-state index contributed by atoms with van der Waals surface area (Å²) in [6, 6.07) is 9.32. The second kappa shape index (κ2) is 14.1. The summed E-state index contributed by atoms with van der Waals surface area (Å²) in [6.45, 7) is 6.55. The molecule has 0 aliphatic heterocycles. The number of fused-ring (bicyclic) bond motifs is 1. The lowest BCUT2D eigenvalue weighted by molar-refractivity contribution is -0.153. The Morgan fingerprint density at radius 1 is 1.27 bits per heavy atom. The van der Waals surface area contributed by atoms with E-state index in [2.05, 4.69) is 44.2 Å². The molecule has 2 heterocycles. The fourth-order valence-corrected chi connectivity index (χ4v) is 3.91. The van der Waals surface area contributed by atoms with Gasteiger partial charge in [0.2, 0.25) is 11.8 Å². The predicted molar refractivity (Wildman–Crippen MR) is 159 cm³/mol. The van der Waals surface area contributed by atoms with Gasteiger partial charge in [-0.15, -0.1) is 0 Å². The number of halogens is 3. The third kappa shape index (κ3) is 8.42. The van der Waals surface area contributed by atoms with Crippen LogP contribution >= 0.6 is 0 Å². The number of benzene rings is 1. The number of hydrogen-bond acceptors (Lipinski definition) is 8. The van der Waals surface area contributed by atoms with E-state index >= 15 is 0 Å². The van der Waals surface area contributed by atoms with E-state index in [0.29, 0.717) is 18.8 Å². The topological polar surface area (TPSA) is 108 Å². The van der Waals surface area contributed by atoms with E-state index in [9.17, 15) is 18.0 Å². The second-order valence-electron chi connectivity index (χ2n) is 8.88. The summed E-state index contributed by atoms with van der Waals surface area (Å²) in [5.74, 6) is -0.576. The highest BCUT2D eigenvalue weighted by molar-refractivity contribution is 6.01. The summed E-state index contributed by atoms with van der Waals surface area (Å²) >= 11 is 0. The van der Waals surface area contributed by atoms with Crippen molar-refractivity contribution in [3.63, 3.8) is 0 Å². The number of likely N-dealkylation sites (N-methyl/N-ethyl adjacent to an activating group) is 2. The van der Waals surface area contributed by atoms with Crippen LogP contribution in [0.15, 0.2) is 65.2 Å². The van der Waals surface area contributed by atoms with Crippen LogP contribution in [0.3, 0.4) is 0 Å². The molecule has 0 radical (unpaired) electrons. The lowest BCUT2D eigenvalue weighted by atomic mass is 10.1. The van der Waals surface area contributed by atoms with Crippen LogP contribution in [-0.4, -0.2) is 75.0 Å². The molecule has 13 heteroatoms. The van der Waals surface area contributed by atoms with E-state index in [1.54, 1.807) is 25.1 Å². The van der Waals surface area contributed by atoms with Gasteiger partial charge >= 0.3 is 6.18 Å². The molecular weight excluding hydrogens is 537 g/mol. The van der Waals surface area contributed by atoms with E-state index in [-0.39, 0.29) is 29.7 Å². The van der Waals surface area contributed by atoms with Crippen molar-refractivity contribution in [3.8, 4) is 5.88 Å². The number of aryl methyl sites for hydroxylation is 1. The number of amides is 1. The molecule has 0 saturated carbocycles. The maximum Gasteiger partial charge on any atom is 0.422 e. The molecule has 10 nitrogen and oxygen atoms in total. The Hall–Kier alpha value is -4.65. The summed E-state index contributed by atoms with van der Waals surface area (Å²) in [6.07, 6.45) is 1.65. The van der Waals surface area contributed by atoms with E-state index in [1.807, 2.05) is 42.1 Å². The first-order valence-corrected chi connectivity index (χ1v) is 12.6. The Kier molecular flexibility index (Phi) is 10.6. The summed E-state index contributed by atoms with van der Waals surface area (Å²) in [5, 5.41) is 9.55. The lowest BCUT2D eigenvalue weighted by Gasteiger charge is -2.23. The highest BCUT2D eigenvalue weighted by Crippen LogP contribution is 2.34. The molecule has 0 aliphatic carbocycles. The second-order valence-corrected chi connectivity index (χ2v) is 8.88. The van der Waals surface area contributed by atoms with Crippen LogP contribution in [0.5, 0.6) is 5.88 Å². The van der Waals surface area contributed by atoms with Crippen LogP contribution in [0.25, 0.3) is 16.6 Å². The Labute approximate surface area is 236 Å². The minimum absolute atomic E-state index is 0.0374. The molecule has 1 amide bonds. The van der Waals surface area contributed by atoms with Crippen LogP contribution in [0.2, 0.25) is 0 Å². The molecule has 1 aromatic carbocycles. The number of para-hydroxylation sites is 1. The number of ether oxygens (including phenoxy) is 1. The van der Waals surface area contributed by atoms with Crippen molar-refractivity contribution >= 4 is 52.6 Å². The molecule has 3 N–H and O–H groups in total. The normalized spacial score (nSPS) is 12.0. The summed E-state index contributed by atoms with van der Waals surface area (Å²) in [4.78, 5) is 26.5.